The van der Waals surface area contributed by atoms with Crippen LogP contribution < -0.4 is 20.5 Å². The number of amides is 1. The smallest absolute Gasteiger partial charge is 0.416 e. The molecule has 20 nitrogen and oxygen atoms in total. The van der Waals surface area contributed by atoms with Gasteiger partial charge in [-0.25, -0.2) is 26.9 Å². The van der Waals surface area contributed by atoms with Gasteiger partial charge in [0.05, 0.1) is 34.6 Å². The Morgan fingerprint density at radius 1 is 1.05 bits per heavy atom. The van der Waals surface area contributed by atoms with Gasteiger partial charge in [-0.3, -0.25) is 34.4 Å². The van der Waals surface area contributed by atoms with Crippen molar-refractivity contribution in [3.05, 3.63) is 108 Å². The van der Waals surface area contributed by atoms with E-state index in [0.717, 1.165) is 43.3 Å². The molecule has 62 heavy (non-hydrogen) atoms. The molecule has 0 aliphatic heterocycles. The maximum Gasteiger partial charge on any atom is 0.416 e. The van der Waals surface area contributed by atoms with Crippen molar-refractivity contribution >= 4 is 76.0 Å². The lowest BCUT2D eigenvalue weighted by Crippen LogP contribution is -2.29. The van der Waals surface area contributed by atoms with Gasteiger partial charge >= 0.3 is 37.9 Å². The first kappa shape index (κ1) is 52.9. The molecule has 0 saturated heterocycles. The maximum absolute atomic E-state index is 14.1. The number of alkyl halides is 6. The van der Waals surface area contributed by atoms with Crippen LogP contribution in [0, 0.1) is 22.9 Å². The number of aryl methyl sites for hydroxylation is 1. The van der Waals surface area contributed by atoms with Gasteiger partial charge in [0.25, 0.3) is 11.6 Å². The summed E-state index contributed by atoms with van der Waals surface area (Å²) in [7, 11) is -8.10. The number of nitro benzene ring substituents is 1. The van der Waals surface area contributed by atoms with Gasteiger partial charge in [-0.1, -0.05) is 23.2 Å². The average molecular weight is 992 g/mol. The normalized spacial score (nSPS) is 12.0. The second-order valence-corrected chi connectivity index (χ2v) is 16.6. The Labute approximate surface area is 357 Å². The van der Waals surface area contributed by atoms with Crippen LogP contribution in [0.5, 0.6) is 11.5 Å². The van der Waals surface area contributed by atoms with Crippen molar-refractivity contribution in [1.82, 2.24) is 24.4 Å². The molecule has 0 bridgehead atoms. The molecule has 1 unspecified atom stereocenters. The molecule has 4 rings (SSSR count). The van der Waals surface area contributed by atoms with Crippen molar-refractivity contribution in [3.8, 4) is 17.2 Å². The molecule has 340 valence electrons. The summed E-state index contributed by atoms with van der Waals surface area (Å²) in [5.74, 6) is -5.43. The molecule has 0 spiro atoms. The maximum atomic E-state index is 14.1. The summed E-state index contributed by atoms with van der Waals surface area (Å²) in [6, 6.07) is 6.98. The molecule has 0 aliphatic carbocycles. The molecular formula is C31H28Cl3F6N6O14PS. The second-order valence-electron chi connectivity index (χ2n) is 11.8. The molecule has 0 radical (unpaired) electrons. The summed E-state index contributed by atoms with van der Waals surface area (Å²) in [5.41, 5.74) is -3.89. The third kappa shape index (κ3) is 16.2. The van der Waals surface area contributed by atoms with E-state index in [4.69, 9.17) is 59.5 Å². The zero-order valence-corrected chi connectivity index (χ0v) is 34.8. The Hall–Kier alpha value is -5.28. The highest BCUT2D eigenvalue weighted by Crippen LogP contribution is 2.37. The standard InChI is InChI=1S/C15H10ClF3N2O6S.C13H10Cl2F3N3O3.C3H8NO5P/c1-28(25,26)20-14(22)10-7-9(3-4-12(10)21(23)24)27-13-5-2-8(6-11(13)16)15(17,18)19;1-5-19-21(13(24)20(5)12(17)18)10-3-6(2-8(15)11(22)23)7(14)4-9(10)16;5-3(6)1-4-2-10(7,8)9/h2-7H,1H3,(H,20,22);3-4,8,12H,2H2,1H3,(H,22,23);4H,1-2H2,(H,5,6)(H2,7,8,9). The molecule has 0 saturated carbocycles. The number of aromatic nitrogens is 3. The third-order valence-electron chi connectivity index (χ3n) is 6.96. The Bertz CT molecular complexity index is 2560. The first-order chi connectivity index (χ1) is 28.3. The number of rotatable bonds is 14. The Morgan fingerprint density at radius 2 is 1.66 bits per heavy atom. The van der Waals surface area contributed by atoms with E-state index in [-0.39, 0.29) is 38.9 Å². The number of hydrogen-bond donors (Lipinski definition) is 6. The van der Waals surface area contributed by atoms with E-state index in [0.29, 0.717) is 23.1 Å². The minimum Gasteiger partial charge on any atom is -0.480 e. The Kier molecular flexibility index (Phi) is 18.5. The van der Waals surface area contributed by atoms with Crippen LogP contribution in [0.4, 0.5) is 32.0 Å². The van der Waals surface area contributed by atoms with Crippen molar-refractivity contribution in [3.63, 3.8) is 0 Å². The number of nitrogens with zero attached hydrogens (tertiary/aromatic N) is 4. The number of benzene rings is 3. The zero-order chi connectivity index (χ0) is 47.7. The molecule has 0 fully saturated rings. The monoisotopic (exact) mass is 990 g/mol. The SMILES string of the molecule is CS(=O)(=O)NC(=O)c1cc(Oc2ccc(C(F)(F)F)cc2Cl)ccc1[N+](=O)[O-].Cc1nn(-c2cc(CC(Cl)C(=O)O)c(Cl)cc2F)c(=O)n1C(F)F.O=C(O)CNCP(=O)(O)O. The first-order valence-electron chi connectivity index (χ1n) is 16.0. The number of carboxylic acid groups (broad SMARTS) is 2. The van der Waals surface area contributed by atoms with Crippen molar-refractivity contribution in [2.45, 2.75) is 31.4 Å². The van der Waals surface area contributed by atoms with Gasteiger partial charge in [0, 0.05) is 23.6 Å². The number of carboxylic acids is 2. The minimum atomic E-state index is -4.62. The fourth-order valence-electron chi connectivity index (χ4n) is 4.38. The number of carbonyl (C=O) groups excluding carboxylic acids is 1. The van der Waals surface area contributed by atoms with Crippen LogP contribution in [0.25, 0.3) is 5.69 Å². The predicted octanol–water partition coefficient (Wildman–Crippen LogP) is 5.31. The fraction of sp³-hybridized carbons (Fsp3) is 0.258. The summed E-state index contributed by atoms with van der Waals surface area (Å²) < 4.78 is 118. The summed E-state index contributed by atoms with van der Waals surface area (Å²) in [6.07, 6.45) is -4.79. The van der Waals surface area contributed by atoms with Crippen molar-refractivity contribution in [2.24, 2.45) is 0 Å². The van der Waals surface area contributed by atoms with Gasteiger partial charge in [0.2, 0.25) is 10.0 Å². The topological polar surface area (TPSA) is 300 Å². The Morgan fingerprint density at radius 3 is 2.13 bits per heavy atom. The molecule has 1 atom stereocenters. The highest BCUT2D eigenvalue weighted by atomic mass is 35.5. The van der Waals surface area contributed by atoms with Crippen LogP contribution in [0.3, 0.4) is 0 Å². The lowest BCUT2D eigenvalue weighted by molar-refractivity contribution is -0.385. The van der Waals surface area contributed by atoms with Crippen LogP contribution in [0.2, 0.25) is 10.0 Å². The number of hydrogen-bond acceptors (Lipinski definition) is 12. The highest BCUT2D eigenvalue weighted by molar-refractivity contribution is 7.89. The van der Waals surface area contributed by atoms with Crippen LogP contribution in [-0.4, -0.2) is 90.0 Å². The molecule has 1 heterocycles. The van der Waals surface area contributed by atoms with E-state index < -0.39 is 110 Å². The summed E-state index contributed by atoms with van der Waals surface area (Å²) in [5, 5.41) is 31.7. The van der Waals surface area contributed by atoms with Gasteiger partial charge < -0.3 is 24.7 Å². The van der Waals surface area contributed by atoms with Crippen LogP contribution >= 0.6 is 42.4 Å². The van der Waals surface area contributed by atoms with Gasteiger partial charge in [-0.05, 0) is 48.9 Å². The van der Waals surface area contributed by atoms with E-state index in [1.165, 1.54) is 0 Å². The van der Waals surface area contributed by atoms with Crippen molar-refractivity contribution in [2.75, 3.05) is 19.1 Å². The molecule has 1 amide bonds. The van der Waals surface area contributed by atoms with E-state index in [2.05, 4.69) is 10.4 Å². The number of halogens is 9. The molecule has 0 aliphatic rings. The predicted molar refractivity (Wildman–Crippen MR) is 204 cm³/mol. The fourth-order valence-corrected chi connectivity index (χ4v) is 5.84. The molecule has 4 aromatic rings. The lowest BCUT2D eigenvalue weighted by Gasteiger charge is -2.12. The van der Waals surface area contributed by atoms with E-state index in [1.807, 2.05) is 0 Å². The van der Waals surface area contributed by atoms with Gasteiger partial charge in [0.1, 0.15) is 34.0 Å². The molecule has 6 N–H and O–H groups in total. The second kappa shape index (κ2) is 21.7. The number of carbonyl (C=O) groups is 3. The van der Waals surface area contributed by atoms with Crippen LogP contribution in [0.1, 0.15) is 33.9 Å². The number of sulfonamides is 1. The van der Waals surface area contributed by atoms with Gasteiger partial charge in [-0.15, -0.1) is 16.7 Å². The van der Waals surface area contributed by atoms with E-state index in [1.54, 1.807) is 4.72 Å². The summed E-state index contributed by atoms with van der Waals surface area (Å²) >= 11 is 17.2. The largest absolute Gasteiger partial charge is 0.480 e. The summed E-state index contributed by atoms with van der Waals surface area (Å²) in [4.78, 5) is 71.1. The lowest BCUT2D eigenvalue weighted by atomic mass is 10.1. The summed E-state index contributed by atoms with van der Waals surface area (Å²) in [6.45, 7) is -2.41. The molecule has 3 aromatic carbocycles. The van der Waals surface area contributed by atoms with Crippen LogP contribution in [-0.2, 0) is 36.8 Å². The van der Waals surface area contributed by atoms with E-state index >= 15 is 0 Å². The number of aliphatic carboxylic acids is 2. The van der Waals surface area contributed by atoms with Crippen molar-refractivity contribution in [1.29, 1.82) is 0 Å². The quantitative estimate of drug-likeness (QED) is 0.0307. The number of nitro groups is 1. The van der Waals surface area contributed by atoms with Crippen molar-refractivity contribution < 1.29 is 83.4 Å². The van der Waals surface area contributed by atoms with Gasteiger partial charge in [-0.2, -0.15) is 26.6 Å². The minimum absolute atomic E-state index is 0.0926. The Balaban J connectivity index is 0.000000354. The van der Waals surface area contributed by atoms with Gasteiger partial charge in [0.15, 0.2) is 5.82 Å². The van der Waals surface area contributed by atoms with E-state index in [9.17, 15) is 68.6 Å². The van der Waals surface area contributed by atoms with Crippen LogP contribution in [0.15, 0.2) is 53.3 Å². The number of nitrogens with one attached hydrogen (secondary N) is 2. The zero-order valence-electron chi connectivity index (χ0n) is 30.8. The molecular weight excluding hydrogens is 964 g/mol. The highest BCUT2D eigenvalue weighted by Gasteiger charge is 2.31. The molecule has 1 aromatic heterocycles. The number of ether oxygens (including phenoxy) is 1. The molecule has 31 heteroatoms. The average Bonchev–Trinajstić information content (AvgIpc) is 3.41. The third-order valence-corrected chi connectivity index (χ3v) is 9.14. The first-order valence-corrected chi connectivity index (χ1v) is 20.8.